The van der Waals surface area contributed by atoms with Crippen LogP contribution in [0.3, 0.4) is 0 Å². The lowest BCUT2D eigenvalue weighted by Gasteiger charge is -2.15. The number of ether oxygens (including phenoxy) is 1. The highest BCUT2D eigenvalue weighted by molar-refractivity contribution is 5.90. The molecule has 1 saturated heterocycles. The number of fused-ring (bicyclic) bond motifs is 3. The summed E-state index contributed by atoms with van der Waals surface area (Å²) >= 11 is 0. The van der Waals surface area contributed by atoms with E-state index in [9.17, 15) is 4.79 Å². The van der Waals surface area contributed by atoms with Gasteiger partial charge in [-0.05, 0) is 37.0 Å². The molecule has 1 amide bonds. The minimum absolute atomic E-state index is 0.251. The normalized spacial score (nSPS) is 18.8. The van der Waals surface area contributed by atoms with Crippen molar-refractivity contribution in [1.29, 1.82) is 0 Å². The van der Waals surface area contributed by atoms with Crippen LogP contribution in [0, 0.1) is 0 Å². The van der Waals surface area contributed by atoms with Gasteiger partial charge in [0, 0.05) is 29.4 Å². The number of cyclic esters (lactones) is 1. The van der Waals surface area contributed by atoms with Crippen LogP contribution in [0.2, 0.25) is 0 Å². The summed E-state index contributed by atoms with van der Waals surface area (Å²) in [6.07, 6.45) is 3.83. The van der Waals surface area contributed by atoms with Gasteiger partial charge in [0.15, 0.2) is 5.76 Å². The predicted octanol–water partition coefficient (Wildman–Crippen LogP) is 2.50. The number of nitrogens with two attached hydrogens (primary N) is 1. The maximum atomic E-state index is 12.1. The van der Waals surface area contributed by atoms with Crippen molar-refractivity contribution >= 4 is 11.8 Å². The van der Waals surface area contributed by atoms with Gasteiger partial charge in [0.2, 0.25) is 0 Å². The van der Waals surface area contributed by atoms with E-state index in [1.807, 2.05) is 18.2 Å². The van der Waals surface area contributed by atoms with Crippen LogP contribution in [0.15, 0.2) is 35.0 Å². The number of aryl methyl sites for hydroxylation is 1. The lowest BCUT2D eigenvalue weighted by Crippen LogP contribution is -2.27. The molecule has 2 aromatic heterocycles. The van der Waals surface area contributed by atoms with Gasteiger partial charge < -0.3 is 15.0 Å². The summed E-state index contributed by atoms with van der Waals surface area (Å²) in [6.45, 7) is 0.811. The first kappa shape index (κ1) is 16.1. The Morgan fingerprint density at radius 3 is 3.00 bits per heavy atom. The molecule has 0 spiro atoms. The predicted molar refractivity (Wildman–Crippen MR) is 98.2 cm³/mol. The lowest BCUT2D eigenvalue weighted by molar-refractivity contribution is 0.145. The highest BCUT2D eigenvalue weighted by Crippen LogP contribution is 2.38. The van der Waals surface area contributed by atoms with Crippen LogP contribution in [0.5, 0.6) is 0 Å². The fourth-order valence-corrected chi connectivity index (χ4v) is 3.88. The Kier molecular flexibility index (Phi) is 3.71. The molecule has 8 heteroatoms. The van der Waals surface area contributed by atoms with Crippen molar-refractivity contribution < 1.29 is 14.1 Å². The average Bonchev–Trinajstić information content (AvgIpc) is 3.39. The Morgan fingerprint density at radius 1 is 1.30 bits per heavy atom. The molecule has 8 nitrogen and oxygen atoms in total. The Bertz CT molecular complexity index is 995. The smallest absolute Gasteiger partial charge is 0.414 e. The fourth-order valence-electron chi connectivity index (χ4n) is 3.88. The van der Waals surface area contributed by atoms with Crippen LogP contribution >= 0.6 is 0 Å². The number of amides is 1. The molecule has 3 aromatic rings. The molecule has 0 saturated carbocycles. The van der Waals surface area contributed by atoms with Crippen molar-refractivity contribution in [2.75, 3.05) is 18.0 Å². The molecule has 2 aliphatic rings. The summed E-state index contributed by atoms with van der Waals surface area (Å²) in [5, 5.41) is 11.4. The SMILES string of the molecule is NCC1CN(c2ccc3c(c2)CCCc2c-3n[nH]c2-c2ccno2)C(=O)O1. The van der Waals surface area contributed by atoms with Gasteiger partial charge in [0.25, 0.3) is 0 Å². The van der Waals surface area contributed by atoms with Gasteiger partial charge in [-0.15, -0.1) is 0 Å². The number of hydrogen-bond acceptors (Lipinski definition) is 6. The number of aromatic amines is 1. The van der Waals surface area contributed by atoms with E-state index in [-0.39, 0.29) is 12.2 Å². The molecule has 3 N–H and O–H groups in total. The number of aromatic nitrogens is 3. The third kappa shape index (κ3) is 2.60. The van der Waals surface area contributed by atoms with Crippen molar-refractivity contribution in [2.45, 2.75) is 25.4 Å². The van der Waals surface area contributed by atoms with Crippen LogP contribution in [0.4, 0.5) is 10.5 Å². The second-order valence-corrected chi connectivity index (χ2v) is 6.85. The molecular formula is C19H19N5O3. The molecule has 1 unspecified atom stereocenters. The van der Waals surface area contributed by atoms with Gasteiger partial charge in [-0.1, -0.05) is 11.2 Å². The molecule has 1 fully saturated rings. The number of nitrogens with one attached hydrogen (secondary N) is 1. The van der Waals surface area contributed by atoms with E-state index >= 15 is 0 Å². The Balaban J connectivity index is 1.54. The zero-order valence-electron chi connectivity index (χ0n) is 14.6. The Morgan fingerprint density at radius 2 is 2.22 bits per heavy atom. The molecule has 1 atom stereocenters. The molecule has 1 aliphatic carbocycles. The average molecular weight is 365 g/mol. The molecule has 0 radical (unpaired) electrons. The molecular weight excluding hydrogens is 346 g/mol. The maximum absolute atomic E-state index is 12.1. The van der Waals surface area contributed by atoms with Crippen LogP contribution in [-0.4, -0.2) is 40.6 Å². The van der Waals surface area contributed by atoms with E-state index in [4.69, 9.17) is 15.0 Å². The zero-order chi connectivity index (χ0) is 18.4. The molecule has 3 heterocycles. The third-order valence-electron chi connectivity index (χ3n) is 5.22. The number of hydrogen-bond donors (Lipinski definition) is 2. The van der Waals surface area contributed by atoms with E-state index in [1.165, 1.54) is 5.56 Å². The van der Waals surface area contributed by atoms with Crippen molar-refractivity contribution in [3.05, 3.63) is 41.6 Å². The topological polar surface area (TPSA) is 110 Å². The van der Waals surface area contributed by atoms with Crippen molar-refractivity contribution in [2.24, 2.45) is 5.73 Å². The Hall–Kier alpha value is -3.13. The number of nitrogens with zero attached hydrogens (tertiary/aromatic N) is 3. The first-order chi connectivity index (χ1) is 13.2. The van der Waals surface area contributed by atoms with Gasteiger partial charge in [0.05, 0.1) is 18.4 Å². The molecule has 27 heavy (non-hydrogen) atoms. The van der Waals surface area contributed by atoms with E-state index < -0.39 is 0 Å². The molecule has 0 bridgehead atoms. The minimum Gasteiger partial charge on any atom is -0.443 e. The highest BCUT2D eigenvalue weighted by atomic mass is 16.6. The van der Waals surface area contributed by atoms with Gasteiger partial charge in [-0.2, -0.15) is 5.10 Å². The summed E-state index contributed by atoms with van der Waals surface area (Å²) in [6, 6.07) is 7.86. The first-order valence-corrected chi connectivity index (χ1v) is 9.04. The molecule has 138 valence electrons. The second-order valence-electron chi connectivity index (χ2n) is 6.85. The van der Waals surface area contributed by atoms with E-state index in [1.54, 1.807) is 11.1 Å². The Labute approximate surface area is 155 Å². The zero-order valence-corrected chi connectivity index (χ0v) is 14.6. The molecule has 1 aromatic carbocycles. The summed E-state index contributed by atoms with van der Waals surface area (Å²) in [7, 11) is 0. The minimum atomic E-state index is -0.341. The molecule has 5 rings (SSSR count). The number of carbonyl (C=O) groups excluding carboxylic acids is 1. The van der Waals surface area contributed by atoms with Crippen molar-refractivity contribution in [3.63, 3.8) is 0 Å². The van der Waals surface area contributed by atoms with E-state index in [2.05, 4.69) is 21.4 Å². The van der Waals surface area contributed by atoms with Gasteiger partial charge in [-0.25, -0.2) is 4.79 Å². The number of anilines is 1. The van der Waals surface area contributed by atoms with Crippen molar-refractivity contribution in [3.8, 4) is 22.7 Å². The summed E-state index contributed by atoms with van der Waals surface area (Å²) in [5.41, 5.74) is 11.7. The van der Waals surface area contributed by atoms with Crippen LogP contribution in [-0.2, 0) is 17.6 Å². The second kappa shape index (κ2) is 6.24. The fraction of sp³-hybridized carbons (Fsp3) is 0.316. The first-order valence-electron chi connectivity index (χ1n) is 9.04. The summed E-state index contributed by atoms with van der Waals surface area (Å²) < 4.78 is 10.6. The number of carbonyl (C=O) groups is 1. The van der Waals surface area contributed by atoms with Crippen LogP contribution in [0.25, 0.3) is 22.7 Å². The van der Waals surface area contributed by atoms with Gasteiger partial charge >= 0.3 is 6.09 Å². The van der Waals surface area contributed by atoms with E-state index in [0.29, 0.717) is 18.8 Å². The number of H-pyrrole nitrogens is 1. The maximum Gasteiger partial charge on any atom is 0.414 e. The van der Waals surface area contributed by atoms with Crippen molar-refractivity contribution in [1.82, 2.24) is 15.4 Å². The quantitative estimate of drug-likeness (QED) is 0.738. The monoisotopic (exact) mass is 365 g/mol. The number of benzene rings is 1. The molecule has 1 aliphatic heterocycles. The lowest BCUT2D eigenvalue weighted by atomic mass is 10.0. The van der Waals surface area contributed by atoms with Gasteiger partial charge in [-0.3, -0.25) is 10.00 Å². The number of rotatable bonds is 3. The third-order valence-corrected chi connectivity index (χ3v) is 5.22. The largest absolute Gasteiger partial charge is 0.443 e. The van der Waals surface area contributed by atoms with Crippen LogP contribution < -0.4 is 10.6 Å². The standard InChI is InChI=1S/C19H19N5O3/c20-9-13-10-24(19(25)26-13)12-4-5-14-11(8-12)2-1-3-15-17(14)22-23-18(15)16-6-7-21-27-16/h4-8,13H,1-3,9-10,20H2,(H,22,23). The van der Waals surface area contributed by atoms with Gasteiger partial charge in [0.1, 0.15) is 11.8 Å². The summed E-state index contributed by atoms with van der Waals surface area (Å²) in [5.74, 6) is 0.691. The van der Waals surface area contributed by atoms with E-state index in [0.717, 1.165) is 47.5 Å². The summed E-state index contributed by atoms with van der Waals surface area (Å²) in [4.78, 5) is 13.8. The highest BCUT2D eigenvalue weighted by Gasteiger charge is 2.32. The van der Waals surface area contributed by atoms with Crippen LogP contribution in [0.1, 0.15) is 17.5 Å².